The highest BCUT2D eigenvalue weighted by Gasteiger charge is 1.98. The molecule has 6 N–H and O–H groups in total. The summed E-state index contributed by atoms with van der Waals surface area (Å²) in [7, 11) is 0. The lowest BCUT2D eigenvalue weighted by Crippen LogP contribution is -2.02. The molecular formula is C14H17N3O. The van der Waals surface area contributed by atoms with Gasteiger partial charge in [0.05, 0.1) is 18.0 Å². The molecule has 2 aromatic rings. The fraction of sp³-hybridized carbons (Fsp3) is 0.143. The summed E-state index contributed by atoms with van der Waals surface area (Å²) < 4.78 is 0. The van der Waals surface area contributed by atoms with Crippen molar-refractivity contribution in [1.82, 2.24) is 0 Å². The van der Waals surface area contributed by atoms with Gasteiger partial charge in [0, 0.05) is 12.2 Å². The topological polar surface area (TPSA) is 84.3 Å². The van der Waals surface area contributed by atoms with Crippen LogP contribution in [-0.4, -0.2) is 5.11 Å². The summed E-state index contributed by atoms with van der Waals surface area (Å²) in [5.74, 6) is 0. The number of anilines is 3. The van der Waals surface area contributed by atoms with E-state index in [1.165, 1.54) is 0 Å². The van der Waals surface area contributed by atoms with Crippen LogP contribution in [-0.2, 0) is 13.2 Å². The minimum Gasteiger partial charge on any atom is -0.397 e. The smallest absolute Gasteiger partial charge is 0.0681 e. The highest BCUT2D eigenvalue weighted by Crippen LogP contribution is 2.20. The summed E-state index contributed by atoms with van der Waals surface area (Å²) in [5, 5.41) is 12.3. The molecule has 0 aliphatic heterocycles. The van der Waals surface area contributed by atoms with Crippen LogP contribution in [0.15, 0.2) is 42.5 Å². The normalized spacial score (nSPS) is 10.3. The van der Waals surface area contributed by atoms with E-state index in [2.05, 4.69) is 5.32 Å². The van der Waals surface area contributed by atoms with Gasteiger partial charge in [0.25, 0.3) is 0 Å². The van der Waals surface area contributed by atoms with E-state index in [-0.39, 0.29) is 6.61 Å². The van der Waals surface area contributed by atoms with Gasteiger partial charge in [0.1, 0.15) is 0 Å². The third kappa shape index (κ3) is 2.93. The van der Waals surface area contributed by atoms with Gasteiger partial charge in [0.15, 0.2) is 0 Å². The van der Waals surface area contributed by atoms with Crippen molar-refractivity contribution in [3.8, 4) is 0 Å². The Bertz CT molecular complexity index is 540. The van der Waals surface area contributed by atoms with Gasteiger partial charge in [0.2, 0.25) is 0 Å². The Kier molecular flexibility index (Phi) is 3.69. The van der Waals surface area contributed by atoms with Crippen molar-refractivity contribution in [2.45, 2.75) is 13.2 Å². The van der Waals surface area contributed by atoms with Gasteiger partial charge < -0.3 is 21.9 Å². The highest BCUT2D eigenvalue weighted by molar-refractivity contribution is 5.69. The van der Waals surface area contributed by atoms with Crippen LogP contribution in [0.1, 0.15) is 11.1 Å². The molecule has 4 nitrogen and oxygen atoms in total. The number of hydrogen-bond donors (Lipinski definition) is 4. The van der Waals surface area contributed by atoms with Crippen molar-refractivity contribution in [3.05, 3.63) is 53.6 Å². The van der Waals surface area contributed by atoms with Gasteiger partial charge in [-0.3, -0.25) is 0 Å². The maximum atomic E-state index is 9.06. The zero-order valence-corrected chi connectivity index (χ0v) is 10.1. The summed E-state index contributed by atoms with van der Waals surface area (Å²) in [6.07, 6.45) is 0. The van der Waals surface area contributed by atoms with E-state index in [1.807, 2.05) is 36.4 Å². The minimum absolute atomic E-state index is 0.0582. The van der Waals surface area contributed by atoms with Gasteiger partial charge in [-0.05, 0) is 29.3 Å². The molecule has 0 heterocycles. The maximum absolute atomic E-state index is 9.06. The van der Waals surface area contributed by atoms with Crippen LogP contribution in [0.3, 0.4) is 0 Å². The highest BCUT2D eigenvalue weighted by atomic mass is 16.3. The first-order chi connectivity index (χ1) is 8.69. The van der Waals surface area contributed by atoms with Crippen LogP contribution in [0.4, 0.5) is 17.1 Å². The lowest BCUT2D eigenvalue weighted by Gasteiger charge is -2.09. The standard InChI is InChI=1S/C14H17N3O/c15-13-5-4-12(7-14(13)16)17-8-10-2-1-3-11(6-10)9-18/h1-7,17-18H,8-9,15-16H2. The van der Waals surface area contributed by atoms with E-state index >= 15 is 0 Å². The second-order valence-corrected chi connectivity index (χ2v) is 4.18. The largest absolute Gasteiger partial charge is 0.397 e. The van der Waals surface area contributed by atoms with Gasteiger partial charge in [-0.1, -0.05) is 24.3 Å². The first-order valence-corrected chi connectivity index (χ1v) is 5.76. The van der Waals surface area contributed by atoms with Gasteiger partial charge in [-0.15, -0.1) is 0 Å². The zero-order chi connectivity index (χ0) is 13.0. The molecule has 2 aromatic carbocycles. The van der Waals surface area contributed by atoms with E-state index < -0.39 is 0 Å². The van der Waals surface area contributed by atoms with Crippen LogP contribution in [0.2, 0.25) is 0 Å². The summed E-state index contributed by atoms with van der Waals surface area (Å²) in [4.78, 5) is 0. The average Bonchev–Trinajstić information content (AvgIpc) is 2.40. The van der Waals surface area contributed by atoms with E-state index in [1.54, 1.807) is 6.07 Å². The number of hydrogen-bond acceptors (Lipinski definition) is 4. The number of benzene rings is 2. The second-order valence-electron chi connectivity index (χ2n) is 4.18. The Hall–Kier alpha value is -2.20. The van der Waals surface area contributed by atoms with Crippen molar-refractivity contribution in [3.63, 3.8) is 0 Å². The minimum atomic E-state index is 0.0582. The zero-order valence-electron chi connectivity index (χ0n) is 10.1. The first kappa shape index (κ1) is 12.3. The Balaban J connectivity index is 2.04. The molecule has 0 aromatic heterocycles. The van der Waals surface area contributed by atoms with Crippen molar-refractivity contribution < 1.29 is 5.11 Å². The van der Waals surface area contributed by atoms with E-state index in [4.69, 9.17) is 16.6 Å². The molecule has 0 fully saturated rings. The molecule has 0 aliphatic rings. The quantitative estimate of drug-likeness (QED) is 0.618. The van der Waals surface area contributed by atoms with Crippen LogP contribution < -0.4 is 16.8 Å². The Morgan fingerprint density at radius 3 is 2.44 bits per heavy atom. The number of nitrogen functional groups attached to an aromatic ring is 2. The number of nitrogens with one attached hydrogen (secondary N) is 1. The third-order valence-corrected chi connectivity index (χ3v) is 2.76. The lowest BCUT2D eigenvalue weighted by molar-refractivity contribution is 0.281. The molecule has 4 heteroatoms. The molecular weight excluding hydrogens is 226 g/mol. The van der Waals surface area contributed by atoms with E-state index in [9.17, 15) is 0 Å². The molecule has 0 atom stereocenters. The van der Waals surface area contributed by atoms with Crippen molar-refractivity contribution >= 4 is 17.1 Å². The average molecular weight is 243 g/mol. The summed E-state index contributed by atoms with van der Waals surface area (Å²) >= 11 is 0. The molecule has 0 radical (unpaired) electrons. The first-order valence-electron chi connectivity index (χ1n) is 5.76. The molecule has 18 heavy (non-hydrogen) atoms. The number of nitrogens with two attached hydrogens (primary N) is 2. The van der Waals surface area contributed by atoms with Crippen LogP contribution in [0.5, 0.6) is 0 Å². The molecule has 0 aliphatic carbocycles. The predicted molar refractivity (Wildman–Crippen MR) is 75.0 cm³/mol. The Morgan fingerprint density at radius 1 is 0.944 bits per heavy atom. The van der Waals surface area contributed by atoms with Crippen molar-refractivity contribution in [2.75, 3.05) is 16.8 Å². The predicted octanol–water partition coefficient (Wildman–Crippen LogP) is 1.96. The fourth-order valence-electron chi connectivity index (χ4n) is 1.73. The van der Waals surface area contributed by atoms with Crippen molar-refractivity contribution in [2.24, 2.45) is 0 Å². The lowest BCUT2D eigenvalue weighted by atomic mass is 10.1. The summed E-state index contributed by atoms with van der Waals surface area (Å²) in [6, 6.07) is 13.3. The van der Waals surface area contributed by atoms with E-state index in [0.29, 0.717) is 17.9 Å². The van der Waals surface area contributed by atoms with Crippen LogP contribution in [0, 0.1) is 0 Å². The van der Waals surface area contributed by atoms with Crippen LogP contribution >= 0.6 is 0 Å². The summed E-state index contributed by atoms with van der Waals surface area (Å²) in [5.41, 5.74) is 15.5. The maximum Gasteiger partial charge on any atom is 0.0681 e. The second kappa shape index (κ2) is 5.42. The number of aliphatic hydroxyl groups excluding tert-OH is 1. The Morgan fingerprint density at radius 2 is 1.72 bits per heavy atom. The molecule has 0 saturated heterocycles. The van der Waals surface area contributed by atoms with Crippen molar-refractivity contribution in [1.29, 1.82) is 0 Å². The van der Waals surface area contributed by atoms with Crippen LogP contribution in [0.25, 0.3) is 0 Å². The molecule has 94 valence electrons. The SMILES string of the molecule is Nc1ccc(NCc2cccc(CO)c2)cc1N. The summed E-state index contributed by atoms with van der Waals surface area (Å²) in [6.45, 7) is 0.736. The van der Waals surface area contributed by atoms with Gasteiger partial charge >= 0.3 is 0 Å². The molecule has 0 unspecified atom stereocenters. The number of rotatable bonds is 4. The molecule has 0 saturated carbocycles. The molecule has 0 spiro atoms. The van der Waals surface area contributed by atoms with E-state index in [0.717, 1.165) is 16.8 Å². The van der Waals surface area contributed by atoms with Gasteiger partial charge in [-0.2, -0.15) is 0 Å². The Labute approximate surface area is 106 Å². The molecule has 0 amide bonds. The van der Waals surface area contributed by atoms with Gasteiger partial charge in [-0.25, -0.2) is 0 Å². The molecule has 2 rings (SSSR count). The fourth-order valence-corrected chi connectivity index (χ4v) is 1.73. The molecule has 0 bridgehead atoms. The number of aliphatic hydroxyl groups is 1. The monoisotopic (exact) mass is 243 g/mol. The third-order valence-electron chi connectivity index (χ3n) is 2.76.